The molecule has 0 bridgehead atoms. The number of likely N-dealkylation sites (tertiary alicyclic amines) is 1. The highest BCUT2D eigenvalue weighted by atomic mass is 15.2. The predicted molar refractivity (Wildman–Crippen MR) is 67.1 cm³/mol. The van der Waals surface area contributed by atoms with Crippen LogP contribution in [0.25, 0.3) is 0 Å². The molecule has 0 spiro atoms. The summed E-state index contributed by atoms with van der Waals surface area (Å²) in [5.41, 5.74) is 0.520. The van der Waals surface area contributed by atoms with Crippen LogP contribution in [-0.2, 0) is 0 Å². The van der Waals surface area contributed by atoms with Gasteiger partial charge in [-0.05, 0) is 37.8 Å². The summed E-state index contributed by atoms with van der Waals surface area (Å²) in [6.45, 7) is 10.7. The van der Waals surface area contributed by atoms with E-state index in [1.54, 1.807) is 0 Å². The Hall–Kier alpha value is -0.590. The smallest absolute Gasteiger partial charge is 0.108 e. The monoisotopic (exact) mass is 223 g/mol. The van der Waals surface area contributed by atoms with E-state index in [0.717, 1.165) is 19.6 Å². The van der Waals surface area contributed by atoms with Crippen LogP contribution in [0, 0.1) is 16.7 Å². The summed E-state index contributed by atoms with van der Waals surface area (Å²) in [6, 6.07) is 2.34. The lowest BCUT2D eigenvalue weighted by atomic mass is 9.82. The lowest BCUT2D eigenvalue weighted by molar-refractivity contribution is 0.234. The van der Waals surface area contributed by atoms with E-state index < -0.39 is 0 Å². The number of likely N-dealkylation sites (N-methyl/N-ethyl adjacent to an activating group) is 1. The Morgan fingerprint density at radius 2 is 2.06 bits per heavy atom. The third-order valence-electron chi connectivity index (χ3n) is 4.06. The molecule has 0 amide bonds. The minimum atomic E-state index is -0.00508. The topological polar surface area (TPSA) is 39.1 Å². The van der Waals surface area contributed by atoms with Gasteiger partial charge in [0.25, 0.3) is 0 Å². The number of nitriles is 1. The normalized spacial score (nSPS) is 21.9. The molecule has 0 aliphatic carbocycles. The van der Waals surface area contributed by atoms with Crippen LogP contribution >= 0.6 is 0 Å². The second kappa shape index (κ2) is 6.22. The zero-order valence-corrected chi connectivity index (χ0v) is 10.9. The fourth-order valence-corrected chi connectivity index (χ4v) is 2.67. The van der Waals surface area contributed by atoms with Crippen LogP contribution in [0.1, 0.15) is 40.0 Å². The van der Waals surface area contributed by atoms with Gasteiger partial charge < -0.3 is 10.2 Å². The van der Waals surface area contributed by atoms with Crippen molar-refractivity contribution in [1.29, 1.82) is 5.26 Å². The highest BCUT2D eigenvalue weighted by molar-refractivity contribution is 4.95. The van der Waals surface area contributed by atoms with Gasteiger partial charge in [-0.3, -0.25) is 0 Å². The van der Waals surface area contributed by atoms with E-state index in [1.807, 2.05) is 0 Å². The van der Waals surface area contributed by atoms with Crippen molar-refractivity contribution in [3.05, 3.63) is 0 Å². The molecule has 92 valence electrons. The molecule has 3 heteroatoms. The SMILES string of the molecule is CCNC(C#N)CN1CCC(CC)(CC)C1. The Kier molecular flexibility index (Phi) is 5.24. The molecular weight excluding hydrogens is 198 g/mol. The lowest BCUT2D eigenvalue weighted by Gasteiger charge is -2.27. The van der Waals surface area contributed by atoms with Gasteiger partial charge >= 0.3 is 0 Å². The van der Waals surface area contributed by atoms with Gasteiger partial charge in [-0.1, -0.05) is 20.8 Å². The van der Waals surface area contributed by atoms with Crippen molar-refractivity contribution in [2.24, 2.45) is 5.41 Å². The van der Waals surface area contributed by atoms with Crippen LogP contribution in [0.5, 0.6) is 0 Å². The molecule has 0 aromatic carbocycles. The maximum atomic E-state index is 9.02. The van der Waals surface area contributed by atoms with Crippen LogP contribution in [0.3, 0.4) is 0 Å². The largest absolute Gasteiger partial charge is 0.301 e. The van der Waals surface area contributed by atoms with Crippen LogP contribution < -0.4 is 5.32 Å². The molecule has 1 aliphatic heterocycles. The van der Waals surface area contributed by atoms with E-state index in [0.29, 0.717) is 5.41 Å². The predicted octanol–water partition coefficient (Wildman–Crippen LogP) is 2.00. The minimum absolute atomic E-state index is 0.00508. The van der Waals surface area contributed by atoms with Crippen molar-refractivity contribution in [2.75, 3.05) is 26.2 Å². The highest BCUT2D eigenvalue weighted by Gasteiger charge is 2.35. The van der Waals surface area contributed by atoms with Gasteiger partial charge in [-0.25, -0.2) is 0 Å². The molecule has 1 atom stereocenters. The van der Waals surface area contributed by atoms with E-state index in [2.05, 4.69) is 37.1 Å². The second-order valence-electron chi connectivity index (χ2n) is 4.93. The van der Waals surface area contributed by atoms with Crippen molar-refractivity contribution in [2.45, 2.75) is 46.1 Å². The summed E-state index contributed by atoms with van der Waals surface area (Å²) >= 11 is 0. The molecule has 1 fully saturated rings. The molecule has 1 aliphatic rings. The first-order valence-electron chi connectivity index (χ1n) is 6.55. The van der Waals surface area contributed by atoms with Crippen molar-refractivity contribution in [3.8, 4) is 6.07 Å². The number of hydrogen-bond acceptors (Lipinski definition) is 3. The Balaban J connectivity index is 2.44. The van der Waals surface area contributed by atoms with Gasteiger partial charge in [0.05, 0.1) is 6.07 Å². The molecular formula is C13H25N3. The first-order chi connectivity index (χ1) is 7.69. The van der Waals surface area contributed by atoms with Crippen molar-refractivity contribution < 1.29 is 0 Å². The number of nitrogens with zero attached hydrogens (tertiary/aromatic N) is 2. The zero-order chi connectivity index (χ0) is 12.0. The van der Waals surface area contributed by atoms with Crippen LogP contribution in [-0.4, -0.2) is 37.1 Å². The number of nitrogens with one attached hydrogen (secondary N) is 1. The average molecular weight is 223 g/mol. The molecule has 1 heterocycles. The van der Waals surface area contributed by atoms with Gasteiger partial charge in [0.2, 0.25) is 0 Å². The third kappa shape index (κ3) is 3.20. The molecule has 0 aromatic heterocycles. The Morgan fingerprint density at radius 1 is 1.38 bits per heavy atom. The minimum Gasteiger partial charge on any atom is -0.301 e. The Morgan fingerprint density at radius 3 is 2.50 bits per heavy atom. The van der Waals surface area contributed by atoms with Gasteiger partial charge in [0.1, 0.15) is 6.04 Å². The van der Waals surface area contributed by atoms with Gasteiger partial charge in [-0.15, -0.1) is 0 Å². The summed E-state index contributed by atoms with van der Waals surface area (Å²) in [5.74, 6) is 0. The molecule has 16 heavy (non-hydrogen) atoms. The molecule has 0 radical (unpaired) electrons. The first kappa shape index (κ1) is 13.5. The van der Waals surface area contributed by atoms with E-state index in [-0.39, 0.29) is 6.04 Å². The highest BCUT2D eigenvalue weighted by Crippen LogP contribution is 2.36. The van der Waals surface area contributed by atoms with Crippen LogP contribution in [0.15, 0.2) is 0 Å². The second-order valence-corrected chi connectivity index (χ2v) is 4.93. The Labute approximate surface area is 99.8 Å². The van der Waals surface area contributed by atoms with Crippen molar-refractivity contribution >= 4 is 0 Å². The van der Waals surface area contributed by atoms with E-state index in [4.69, 9.17) is 5.26 Å². The van der Waals surface area contributed by atoms with Crippen LogP contribution in [0.2, 0.25) is 0 Å². The average Bonchev–Trinajstić information content (AvgIpc) is 2.73. The maximum Gasteiger partial charge on any atom is 0.108 e. The summed E-state index contributed by atoms with van der Waals surface area (Å²) < 4.78 is 0. The number of hydrogen-bond donors (Lipinski definition) is 1. The quantitative estimate of drug-likeness (QED) is 0.748. The van der Waals surface area contributed by atoms with Crippen molar-refractivity contribution in [3.63, 3.8) is 0 Å². The standard InChI is InChI=1S/C13H25N3/c1-4-13(5-2)7-8-16(11-13)10-12(9-14)15-6-3/h12,15H,4-8,10-11H2,1-3H3. The van der Waals surface area contributed by atoms with Gasteiger partial charge in [0, 0.05) is 13.1 Å². The number of rotatable bonds is 6. The summed E-state index contributed by atoms with van der Waals surface area (Å²) in [5, 5.41) is 12.2. The molecule has 1 N–H and O–H groups in total. The summed E-state index contributed by atoms with van der Waals surface area (Å²) in [6.07, 6.45) is 3.82. The van der Waals surface area contributed by atoms with Crippen LogP contribution in [0.4, 0.5) is 0 Å². The zero-order valence-electron chi connectivity index (χ0n) is 10.9. The Bertz CT molecular complexity index is 240. The molecule has 0 saturated carbocycles. The van der Waals surface area contributed by atoms with Gasteiger partial charge in [-0.2, -0.15) is 5.26 Å². The van der Waals surface area contributed by atoms with E-state index >= 15 is 0 Å². The maximum absolute atomic E-state index is 9.02. The fraction of sp³-hybridized carbons (Fsp3) is 0.923. The van der Waals surface area contributed by atoms with Crippen molar-refractivity contribution in [1.82, 2.24) is 10.2 Å². The first-order valence-corrected chi connectivity index (χ1v) is 6.55. The van der Waals surface area contributed by atoms with E-state index in [9.17, 15) is 0 Å². The summed E-state index contributed by atoms with van der Waals surface area (Å²) in [7, 11) is 0. The third-order valence-corrected chi connectivity index (χ3v) is 4.06. The summed E-state index contributed by atoms with van der Waals surface area (Å²) in [4.78, 5) is 2.45. The lowest BCUT2D eigenvalue weighted by Crippen LogP contribution is -2.40. The molecule has 3 nitrogen and oxygen atoms in total. The molecule has 1 unspecified atom stereocenters. The fourth-order valence-electron chi connectivity index (χ4n) is 2.67. The van der Waals surface area contributed by atoms with E-state index in [1.165, 1.54) is 25.8 Å². The molecule has 0 aromatic rings. The molecule has 1 saturated heterocycles. The van der Waals surface area contributed by atoms with Gasteiger partial charge in [0.15, 0.2) is 0 Å². The molecule has 1 rings (SSSR count).